The van der Waals surface area contributed by atoms with Crippen LogP contribution >= 0.6 is 0 Å². The van der Waals surface area contributed by atoms with E-state index in [1.807, 2.05) is 0 Å². The van der Waals surface area contributed by atoms with Crippen LogP contribution in [-0.4, -0.2) is 41.5 Å². The lowest BCUT2D eigenvalue weighted by Crippen LogP contribution is -2.33. The predicted octanol–water partition coefficient (Wildman–Crippen LogP) is 2.87. The van der Waals surface area contributed by atoms with Gasteiger partial charge in [0.1, 0.15) is 12.4 Å². The van der Waals surface area contributed by atoms with E-state index in [2.05, 4.69) is 15.4 Å². The van der Waals surface area contributed by atoms with E-state index in [9.17, 15) is 18.0 Å². The van der Waals surface area contributed by atoms with Crippen molar-refractivity contribution in [1.29, 1.82) is 0 Å². The molecule has 1 amide bonds. The number of aliphatic imine (C=N–C) groups is 1. The molecule has 2 aromatic rings. The summed E-state index contributed by atoms with van der Waals surface area (Å²) in [5.74, 6) is -0.733. The highest BCUT2D eigenvalue weighted by atomic mass is 19.4. The summed E-state index contributed by atoms with van der Waals surface area (Å²) in [7, 11) is 1.49. The molecule has 144 valence electrons. The standard InChI is InChI=1S/C18H20F3N5O/c1-3-16(18(19,20)21)25-11-26(23-2)10-14(17(22)27)12-8-9-24-15-7-5-4-6-13(12)15/h4-11,16,23H,3H2,1-2H3,(H2,22,27)/b14-10+,25-11?. The third-order valence-electron chi connectivity index (χ3n) is 3.87. The van der Waals surface area contributed by atoms with E-state index in [1.165, 1.54) is 26.4 Å². The molecule has 0 aliphatic carbocycles. The largest absolute Gasteiger partial charge is 0.410 e. The maximum absolute atomic E-state index is 12.9. The summed E-state index contributed by atoms with van der Waals surface area (Å²) in [6.07, 6.45) is -0.825. The molecule has 0 aliphatic heterocycles. The van der Waals surface area contributed by atoms with Gasteiger partial charge in [-0.05, 0) is 24.1 Å². The Morgan fingerprint density at radius 1 is 1.37 bits per heavy atom. The molecule has 1 aromatic heterocycles. The first-order valence-electron chi connectivity index (χ1n) is 8.19. The third kappa shape index (κ3) is 5.04. The molecule has 1 aromatic carbocycles. The highest BCUT2D eigenvalue weighted by Crippen LogP contribution is 2.25. The third-order valence-corrected chi connectivity index (χ3v) is 3.87. The molecule has 0 fully saturated rings. The highest BCUT2D eigenvalue weighted by Gasteiger charge is 2.37. The molecule has 3 N–H and O–H groups in total. The average Bonchev–Trinajstić information content (AvgIpc) is 2.63. The van der Waals surface area contributed by atoms with Crippen LogP contribution in [0.3, 0.4) is 0 Å². The van der Waals surface area contributed by atoms with Gasteiger partial charge in [-0.2, -0.15) is 13.2 Å². The number of nitrogens with zero attached hydrogens (tertiary/aromatic N) is 3. The zero-order valence-electron chi connectivity index (χ0n) is 14.9. The first-order chi connectivity index (χ1) is 12.8. The van der Waals surface area contributed by atoms with Gasteiger partial charge >= 0.3 is 6.18 Å². The molecule has 0 aliphatic rings. The number of hydrogen-bond acceptors (Lipinski definition) is 4. The van der Waals surface area contributed by atoms with Crippen LogP contribution in [0.25, 0.3) is 16.5 Å². The maximum atomic E-state index is 12.9. The van der Waals surface area contributed by atoms with Crippen molar-refractivity contribution in [3.63, 3.8) is 0 Å². The summed E-state index contributed by atoms with van der Waals surface area (Å²) in [5.41, 5.74) is 9.45. The molecular formula is C18H20F3N5O. The van der Waals surface area contributed by atoms with Gasteiger partial charge < -0.3 is 5.73 Å². The molecule has 6 nitrogen and oxygen atoms in total. The van der Waals surface area contributed by atoms with Gasteiger partial charge in [0.2, 0.25) is 0 Å². The van der Waals surface area contributed by atoms with Crippen LogP contribution in [0, 0.1) is 0 Å². The number of hydrazine groups is 1. The van der Waals surface area contributed by atoms with E-state index in [4.69, 9.17) is 5.73 Å². The monoisotopic (exact) mass is 379 g/mol. The molecule has 1 heterocycles. The van der Waals surface area contributed by atoms with Crippen LogP contribution in [0.15, 0.2) is 47.7 Å². The Balaban J connectivity index is 2.45. The molecule has 0 saturated carbocycles. The number of benzene rings is 1. The van der Waals surface area contributed by atoms with Gasteiger partial charge in [-0.15, -0.1) is 0 Å². The minimum Gasteiger partial charge on any atom is -0.366 e. The number of nitrogens with one attached hydrogen (secondary N) is 1. The first-order valence-corrected chi connectivity index (χ1v) is 8.19. The second-order valence-electron chi connectivity index (χ2n) is 5.64. The Morgan fingerprint density at radius 3 is 2.67 bits per heavy atom. The molecule has 0 bridgehead atoms. The first kappa shape index (κ1) is 20.4. The van der Waals surface area contributed by atoms with Crippen molar-refractivity contribution < 1.29 is 18.0 Å². The fraction of sp³-hybridized carbons (Fsp3) is 0.278. The van der Waals surface area contributed by atoms with Crippen molar-refractivity contribution in [1.82, 2.24) is 15.4 Å². The van der Waals surface area contributed by atoms with Gasteiger partial charge in [0.25, 0.3) is 5.91 Å². The minimum atomic E-state index is -4.44. The Morgan fingerprint density at radius 2 is 2.07 bits per heavy atom. The summed E-state index contributed by atoms with van der Waals surface area (Å²) in [6, 6.07) is 6.95. The quantitative estimate of drug-likeness (QED) is 0.335. The van der Waals surface area contributed by atoms with E-state index < -0.39 is 18.1 Å². The number of rotatable bonds is 7. The average molecular weight is 379 g/mol. The van der Waals surface area contributed by atoms with Gasteiger partial charge in [-0.25, -0.2) is 5.43 Å². The van der Waals surface area contributed by atoms with Gasteiger partial charge in [-0.3, -0.25) is 19.8 Å². The lowest BCUT2D eigenvalue weighted by Gasteiger charge is -2.18. The lowest BCUT2D eigenvalue weighted by molar-refractivity contribution is -0.147. The summed E-state index contributed by atoms with van der Waals surface area (Å²) in [4.78, 5) is 19.8. The molecule has 2 rings (SSSR count). The van der Waals surface area contributed by atoms with Crippen molar-refractivity contribution in [2.24, 2.45) is 10.7 Å². The summed E-state index contributed by atoms with van der Waals surface area (Å²) in [6.45, 7) is 1.40. The molecule has 0 radical (unpaired) electrons. The number of para-hydroxylation sites is 1. The van der Waals surface area contributed by atoms with Crippen LogP contribution in [0.4, 0.5) is 13.2 Å². The number of nitrogens with two attached hydrogens (primary N) is 1. The van der Waals surface area contributed by atoms with E-state index in [0.717, 1.165) is 11.3 Å². The fourth-order valence-electron chi connectivity index (χ4n) is 2.46. The Kier molecular flexibility index (Phi) is 6.51. The normalized spacial score (nSPS) is 13.9. The van der Waals surface area contributed by atoms with E-state index in [-0.39, 0.29) is 12.0 Å². The Hall–Kier alpha value is -2.94. The zero-order chi connectivity index (χ0) is 20.0. The van der Waals surface area contributed by atoms with Gasteiger partial charge in [0.15, 0.2) is 0 Å². The maximum Gasteiger partial charge on any atom is 0.410 e. The predicted molar refractivity (Wildman–Crippen MR) is 98.4 cm³/mol. The molecule has 0 spiro atoms. The SMILES string of the molecule is CCC(N=CN(/C=C(/C(N)=O)c1ccnc2ccccc12)NC)C(F)(F)F. The number of carbonyl (C=O) groups excluding carboxylic acids is 1. The van der Waals surface area contributed by atoms with Crippen LogP contribution in [0.1, 0.15) is 18.9 Å². The number of amides is 1. The number of fused-ring (bicyclic) bond motifs is 1. The Bertz CT molecular complexity index is 858. The summed E-state index contributed by atoms with van der Waals surface area (Å²) >= 11 is 0. The number of carbonyl (C=O) groups is 1. The summed E-state index contributed by atoms with van der Waals surface area (Å²) in [5, 5.41) is 1.85. The zero-order valence-corrected chi connectivity index (χ0v) is 14.9. The van der Waals surface area contributed by atoms with Crippen molar-refractivity contribution in [3.05, 3.63) is 48.3 Å². The van der Waals surface area contributed by atoms with Crippen LogP contribution in [0.5, 0.6) is 0 Å². The highest BCUT2D eigenvalue weighted by molar-refractivity contribution is 6.21. The lowest BCUT2D eigenvalue weighted by atomic mass is 10.0. The van der Waals surface area contributed by atoms with Crippen molar-refractivity contribution in [2.75, 3.05) is 7.05 Å². The van der Waals surface area contributed by atoms with Crippen molar-refractivity contribution in [3.8, 4) is 0 Å². The van der Waals surface area contributed by atoms with Gasteiger partial charge in [0.05, 0.1) is 11.1 Å². The fourth-order valence-corrected chi connectivity index (χ4v) is 2.46. The number of aromatic nitrogens is 1. The van der Waals surface area contributed by atoms with Crippen molar-refractivity contribution in [2.45, 2.75) is 25.6 Å². The smallest absolute Gasteiger partial charge is 0.366 e. The number of pyridine rings is 1. The molecule has 1 atom stereocenters. The molecule has 0 saturated heterocycles. The van der Waals surface area contributed by atoms with Gasteiger partial charge in [-0.1, -0.05) is 25.1 Å². The van der Waals surface area contributed by atoms with E-state index in [1.54, 1.807) is 30.3 Å². The van der Waals surface area contributed by atoms with Crippen LogP contribution < -0.4 is 11.2 Å². The topological polar surface area (TPSA) is 83.6 Å². The number of halogens is 3. The van der Waals surface area contributed by atoms with Crippen molar-refractivity contribution >= 4 is 28.7 Å². The molecule has 27 heavy (non-hydrogen) atoms. The van der Waals surface area contributed by atoms with Gasteiger partial charge in [0, 0.05) is 24.8 Å². The summed E-state index contributed by atoms with van der Waals surface area (Å²) < 4.78 is 38.6. The van der Waals surface area contributed by atoms with Crippen LogP contribution in [-0.2, 0) is 4.79 Å². The number of primary amides is 1. The second kappa shape index (κ2) is 8.63. The Labute approximate surface area is 154 Å². The van der Waals surface area contributed by atoms with E-state index >= 15 is 0 Å². The second-order valence-corrected chi connectivity index (χ2v) is 5.64. The number of alkyl halides is 3. The molecular weight excluding hydrogens is 359 g/mol. The number of hydrogen-bond donors (Lipinski definition) is 2. The minimum absolute atomic E-state index is 0.106. The van der Waals surface area contributed by atoms with Crippen LogP contribution in [0.2, 0.25) is 0 Å². The molecule has 9 heteroatoms. The van der Waals surface area contributed by atoms with E-state index in [0.29, 0.717) is 16.5 Å². The molecule has 1 unspecified atom stereocenters.